The standard InChI is InChI=1S/C24H26N4O3S2/c1-4-31-21(29)13-8-14-27-19(20-12-9-15-32-20)16-33-24(27)25-22-17(2)26(3)28(23(22)30)18-10-6-5-7-11-18/h5-7,9-12,15-16H,4,8,13-14H2,1-3H3. The molecule has 7 nitrogen and oxygen atoms in total. The average Bonchev–Trinajstić information content (AvgIpc) is 3.52. The lowest BCUT2D eigenvalue weighted by Gasteiger charge is -2.08. The van der Waals surface area contributed by atoms with Gasteiger partial charge < -0.3 is 9.30 Å². The zero-order valence-corrected chi connectivity index (χ0v) is 20.5. The summed E-state index contributed by atoms with van der Waals surface area (Å²) in [5.41, 5.74) is 2.87. The Balaban J connectivity index is 1.77. The first-order chi connectivity index (χ1) is 16.0. The van der Waals surface area contributed by atoms with Gasteiger partial charge in [0.25, 0.3) is 5.56 Å². The van der Waals surface area contributed by atoms with Crippen LogP contribution < -0.4 is 10.4 Å². The van der Waals surface area contributed by atoms with Crippen LogP contribution in [0.1, 0.15) is 25.5 Å². The highest BCUT2D eigenvalue weighted by Crippen LogP contribution is 2.26. The maximum absolute atomic E-state index is 13.3. The number of carbonyl (C=O) groups is 1. The van der Waals surface area contributed by atoms with Gasteiger partial charge in [-0.05, 0) is 43.8 Å². The molecule has 0 spiro atoms. The summed E-state index contributed by atoms with van der Waals surface area (Å²) in [4.78, 5) is 31.8. The Morgan fingerprint density at radius 2 is 1.91 bits per heavy atom. The van der Waals surface area contributed by atoms with Gasteiger partial charge in [0.2, 0.25) is 0 Å². The number of para-hydroxylation sites is 1. The number of carbonyl (C=O) groups excluding carboxylic acids is 1. The number of aromatic nitrogens is 3. The van der Waals surface area contributed by atoms with E-state index in [-0.39, 0.29) is 11.5 Å². The molecule has 0 aliphatic carbocycles. The summed E-state index contributed by atoms with van der Waals surface area (Å²) in [5.74, 6) is -0.200. The van der Waals surface area contributed by atoms with E-state index in [1.165, 1.54) is 11.3 Å². The third kappa shape index (κ3) is 4.79. The largest absolute Gasteiger partial charge is 0.466 e. The Labute approximate surface area is 199 Å². The Kier molecular flexibility index (Phi) is 7.10. The van der Waals surface area contributed by atoms with Crippen molar-refractivity contribution in [3.8, 4) is 16.3 Å². The zero-order valence-electron chi connectivity index (χ0n) is 18.9. The Morgan fingerprint density at radius 3 is 2.61 bits per heavy atom. The summed E-state index contributed by atoms with van der Waals surface area (Å²) in [7, 11) is 1.86. The highest BCUT2D eigenvalue weighted by atomic mass is 32.1. The number of nitrogens with zero attached hydrogens (tertiary/aromatic N) is 4. The molecule has 172 valence electrons. The second-order valence-electron chi connectivity index (χ2n) is 7.46. The van der Waals surface area contributed by atoms with Gasteiger partial charge in [0.05, 0.1) is 28.6 Å². The monoisotopic (exact) mass is 482 g/mol. The maximum Gasteiger partial charge on any atom is 0.305 e. The van der Waals surface area contributed by atoms with Crippen molar-refractivity contribution in [2.45, 2.75) is 33.2 Å². The summed E-state index contributed by atoms with van der Waals surface area (Å²) in [6, 6.07) is 13.6. The molecule has 9 heteroatoms. The van der Waals surface area contributed by atoms with Crippen LogP contribution in [-0.4, -0.2) is 26.5 Å². The van der Waals surface area contributed by atoms with Crippen LogP contribution in [0.3, 0.4) is 0 Å². The molecule has 0 saturated carbocycles. The van der Waals surface area contributed by atoms with Gasteiger partial charge in [0.15, 0.2) is 10.5 Å². The van der Waals surface area contributed by atoms with Crippen molar-refractivity contribution in [2.75, 3.05) is 6.61 Å². The molecule has 3 aromatic heterocycles. The number of thiazole rings is 1. The number of hydrogen-bond donors (Lipinski definition) is 0. The molecule has 4 aromatic rings. The number of thiophene rings is 1. The summed E-state index contributed by atoms with van der Waals surface area (Å²) >= 11 is 3.15. The highest BCUT2D eigenvalue weighted by Gasteiger charge is 2.17. The van der Waals surface area contributed by atoms with Gasteiger partial charge in [0, 0.05) is 25.4 Å². The second kappa shape index (κ2) is 10.2. The predicted molar refractivity (Wildman–Crippen MR) is 132 cm³/mol. The Bertz CT molecular complexity index is 1360. The van der Waals surface area contributed by atoms with E-state index in [1.807, 2.05) is 67.4 Å². The first kappa shape index (κ1) is 23.0. The van der Waals surface area contributed by atoms with Crippen LogP contribution in [0.25, 0.3) is 16.3 Å². The van der Waals surface area contributed by atoms with Gasteiger partial charge in [-0.15, -0.1) is 22.7 Å². The quantitative estimate of drug-likeness (QED) is 0.343. The van der Waals surface area contributed by atoms with Gasteiger partial charge >= 0.3 is 5.97 Å². The van der Waals surface area contributed by atoms with Gasteiger partial charge in [-0.3, -0.25) is 14.3 Å². The smallest absolute Gasteiger partial charge is 0.305 e. The molecular weight excluding hydrogens is 456 g/mol. The number of esters is 1. The number of rotatable bonds is 8. The summed E-state index contributed by atoms with van der Waals surface area (Å²) in [6.07, 6.45) is 0.967. The number of ether oxygens (including phenoxy) is 1. The topological polar surface area (TPSA) is 70.5 Å². The molecule has 1 aromatic carbocycles. The van der Waals surface area contributed by atoms with Crippen LogP contribution in [-0.2, 0) is 23.1 Å². The zero-order chi connectivity index (χ0) is 23.4. The molecule has 4 rings (SSSR count). The molecule has 0 unspecified atom stereocenters. The highest BCUT2D eigenvalue weighted by molar-refractivity contribution is 7.14. The molecule has 33 heavy (non-hydrogen) atoms. The first-order valence-electron chi connectivity index (χ1n) is 10.8. The predicted octanol–water partition coefficient (Wildman–Crippen LogP) is 4.65. The Morgan fingerprint density at radius 1 is 1.12 bits per heavy atom. The van der Waals surface area contributed by atoms with Gasteiger partial charge in [-0.1, -0.05) is 24.3 Å². The van der Waals surface area contributed by atoms with Crippen LogP contribution >= 0.6 is 22.7 Å². The van der Waals surface area contributed by atoms with Crippen LogP contribution in [0.15, 0.2) is 63.0 Å². The van der Waals surface area contributed by atoms with E-state index in [1.54, 1.807) is 16.0 Å². The second-order valence-corrected chi connectivity index (χ2v) is 9.25. The molecule has 0 fully saturated rings. The van der Waals surface area contributed by atoms with E-state index in [0.717, 1.165) is 26.8 Å². The summed E-state index contributed by atoms with van der Waals surface area (Å²) < 4.78 is 10.6. The lowest BCUT2D eigenvalue weighted by Crippen LogP contribution is -2.20. The van der Waals surface area contributed by atoms with Crippen molar-refractivity contribution in [3.63, 3.8) is 0 Å². The maximum atomic E-state index is 13.3. The van der Waals surface area contributed by atoms with Crippen molar-refractivity contribution in [2.24, 2.45) is 12.0 Å². The fraction of sp³-hybridized carbons (Fsp3) is 0.292. The van der Waals surface area contributed by atoms with E-state index in [2.05, 4.69) is 16.0 Å². The van der Waals surface area contributed by atoms with Crippen molar-refractivity contribution in [3.05, 3.63) is 74.1 Å². The minimum Gasteiger partial charge on any atom is -0.466 e. The molecule has 0 N–H and O–H groups in total. The molecule has 0 aliphatic rings. The molecule has 3 heterocycles. The number of benzene rings is 1. The first-order valence-corrected chi connectivity index (χ1v) is 12.5. The van der Waals surface area contributed by atoms with E-state index in [4.69, 9.17) is 9.73 Å². The average molecular weight is 483 g/mol. The molecule has 0 amide bonds. The van der Waals surface area contributed by atoms with Gasteiger partial charge in [-0.2, -0.15) is 0 Å². The lowest BCUT2D eigenvalue weighted by atomic mass is 10.3. The van der Waals surface area contributed by atoms with Crippen LogP contribution in [0, 0.1) is 6.92 Å². The van der Waals surface area contributed by atoms with Crippen LogP contribution in [0.5, 0.6) is 0 Å². The molecular formula is C24H26N4O3S2. The third-order valence-electron chi connectivity index (χ3n) is 5.37. The third-order valence-corrected chi connectivity index (χ3v) is 7.13. The Hall–Kier alpha value is -3.17. The molecule has 0 radical (unpaired) electrons. The van der Waals surface area contributed by atoms with E-state index in [0.29, 0.717) is 31.7 Å². The fourth-order valence-corrected chi connectivity index (χ4v) is 5.41. The minimum absolute atomic E-state index is 0.162. The molecule has 0 aliphatic heterocycles. The van der Waals surface area contributed by atoms with Gasteiger partial charge in [0.1, 0.15) is 0 Å². The van der Waals surface area contributed by atoms with Crippen molar-refractivity contribution in [1.82, 2.24) is 13.9 Å². The van der Waals surface area contributed by atoms with Crippen molar-refractivity contribution in [1.29, 1.82) is 0 Å². The SMILES string of the molecule is CCOC(=O)CCCn1c(-c2cccs2)csc1=Nc1c(C)n(C)n(-c2ccccc2)c1=O. The molecule has 0 bridgehead atoms. The number of hydrogen-bond acceptors (Lipinski definition) is 6. The van der Waals surface area contributed by atoms with Crippen LogP contribution in [0.2, 0.25) is 0 Å². The van der Waals surface area contributed by atoms with Crippen LogP contribution in [0.4, 0.5) is 5.69 Å². The van der Waals surface area contributed by atoms with Crippen molar-refractivity contribution >= 4 is 34.3 Å². The normalized spacial score (nSPS) is 11.8. The minimum atomic E-state index is -0.200. The van der Waals surface area contributed by atoms with Gasteiger partial charge in [-0.25, -0.2) is 9.67 Å². The summed E-state index contributed by atoms with van der Waals surface area (Å²) in [6.45, 7) is 4.69. The van der Waals surface area contributed by atoms with Crippen molar-refractivity contribution < 1.29 is 9.53 Å². The lowest BCUT2D eigenvalue weighted by molar-refractivity contribution is -0.143. The molecule has 0 atom stereocenters. The molecule has 0 saturated heterocycles. The summed E-state index contributed by atoms with van der Waals surface area (Å²) in [5, 5.41) is 4.09. The fourth-order valence-electron chi connectivity index (χ4n) is 3.65. The van der Waals surface area contributed by atoms with E-state index >= 15 is 0 Å². The van der Waals surface area contributed by atoms with E-state index in [9.17, 15) is 9.59 Å². The van der Waals surface area contributed by atoms with E-state index < -0.39 is 0 Å².